The molecular weight excluding hydrogens is 586 g/mol. The zero-order valence-electron chi connectivity index (χ0n) is 31.9. The lowest BCUT2D eigenvalue weighted by atomic mass is 9.94. The fraction of sp³-hybridized carbons (Fsp3) is 0.951. The molecule has 6 heteroatoms. The first-order valence-corrected chi connectivity index (χ1v) is 20.7. The predicted molar refractivity (Wildman–Crippen MR) is 200 cm³/mol. The van der Waals surface area contributed by atoms with E-state index in [0.29, 0.717) is 38.5 Å². The fourth-order valence-electron chi connectivity index (χ4n) is 6.40. The lowest BCUT2D eigenvalue weighted by Gasteiger charge is -2.21. The Morgan fingerprint density at radius 2 is 0.915 bits per heavy atom. The average molecular weight is 668 g/mol. The van der Waals surface area contributed by atoms with Crippen LogP contribution in [-0.4, -0.2) is 61.4 Å². The molecule has 1 N–H and O–H groups in total. The maximum atomic E-state index is 12.5. The van der Waals surface area contributed by atoms with E-state index in [4.69, 9.17) is 9.47 Å². The van der Waals surface area contributed by atoms with Crippen LogP contribution >= 0.6 is 0 Å². The number of hydrogen-bond acceptors (Lipinski definition) is 6. The molecule has 0 amide bonds. The Kier molecular flexibility index (Phi) is 36.8. The number of hydrogen-bond donors (Lipinski definition) is 1. The van der Waals surface area contributed by atoms with Crippen molar-refractivity contribution in [3.63, 3.8) is 0 Å². The molecular formula is C41H81NO5. The minimum atomic E-state index is -0.104. The molecule has 0 heterocycles. The second-order valence-electron chi connectivity index (χ2n) is 14.2. The van der Waals surface area contributed by atoms with E-state index >= 15 is 0 Å². The van der Waals surface area contributed by atoms with Gasteiger partial charge in [0.2, 0.25) is 0 Å². The summed E-state index contributed by atoms with van der Waals surface area (Å²) in [5.41, 5.74) is 0. The van der Waals surface area contributed by atoms with E-state index < -0.39 is 0 Å². The maximum absolute atomic E-state index is 12.5. The maximum Gasteiger partial charge on any atom is 0.305 e. The Hall–Kier alpha value is -1.14. The van der Waals surface area contributed by atoms with Crippen LogP contribution in [0.3, 0.4) is 0 Å². The number of rotatable bonds is 38. The summed E-state index contributed by atoms with van der Waals surface area (Å²) in [6.45, 7) is 10.3. The SMILES string of the molecule is CCCCCCCCCCCOC(=O)CCCN(CCO)CCCCCC(=O)OCC(CCCCCCCC)CCCCCCCC. The van der Waals surface area contributed by atoms with E-state index in [1.807, 2.05) is 0 Å². The van der Waals surface area contributed by atoms with Crippen LogP contribution in [0.1, 0.15) is 207 Å². The van der Waals surface area contributed by atoms with E-state index in [0.717, 1.165) is 51.6 Å². The summed E-state index contributed by atoms with van der Waals surface area (Å²) < 4.78 is 11.2. The summed E-state index contributed by atoms with van der Waals surface area (Å²) in [6.07, 6.45) is 33.9. The zero-order chi connectivity index (χ0) is 34.5. The zero-order valence-corrected chi connectivity index (χ0v) is 31.9. The van der Waals surface area contributed by atoms with Gasteiger partial charge in [-0.2, -0.15) is 0 Å². The van der Waals surface area contributed by atoms with Crippen molar-refractivity contribution in [2.75, 3.05) is 39.5 Å². The highest BCUT2D eigenvalue weighted by Gasteiger charge is 2.13. The molecule has 0 unspecified atom stereocenters. The first kappa shape index (κ1) is 45.9. The Balaban J connectivity index is 4.05. The normalized spacial score (nSPS) is 11.5. The van der Waals surface area contributed by atoms with Gasteiger partial charge in [0.05, 0.1) is 19.8 Å². The van der Waals surface area contributed by atoms with Gasteiger partial charge in [0.15, 0.2) is 0 Å². The number of aliphatic hydroxyl groups excluding tert-OH is 1. The lowest BCUT2D eigenvalue weighted by molar-refractivity contribution is -0.145. The smallest absolute Gasteiger partial charge is 0.305 e. The molecule has 0 aromatic heterocycles. The van der Waals surface area contributed by atoms with Crippen LogP contribution in [0.25, 0.3) is 0 Å². The van der Waals surface area contributed by atoms with Crippen molar-refractivity contribution in [3.05, 3.63) is 0 Å². The highest BCUT2D eigenvalue weighted by molar-refractivity contribution is 5.69. The molecule has 0 fully saturated rings. The third kappa shape index (κ3) is 34.5. The van der Waals surface area contributed by atoms with Crippen molar-refractivity contribution in [1.29, 1.82) is 0 Å². The standard InChI is InChI=1S/C41H81NO5/c1-4-7-10-13-16-17-18-21-27-37-46-40(44)32-28-34-42(35-36-43)33-26-22-25-31-41(45)47-38-39(29-23-19-14-11-8-5-2)30-24-20-15-12-9-6-3/h39,43H,4-38H2,1-3H3. The summed E-state index contributed by atoms with van der Waals surface area (Å²) in [7, 11) is 0. The predicted octanol–water partition coefficient (Wildman–Crippen LogP) is 11.4. The molecule has 6 nitrogen and oxygen atoms in total. The molecule has 0 aliphatic heterocycles. The molecule has 280 valence electrons. The number of aliphatic hydroxyl groups is 1. The van der Waals surface area contributed by atoms with Crippen molar-refractivity contribution in [2.24, 2.45) is 5.92 Å². The molecule has 0 aromatic rings. The molecule has 0 spiro atoms. The summed E-state index contributed by atoms with van der Waals surface area (Å²) >= 11 is 0. The van der Waals surface area contributed by atoms with E-state index in [1.54, 1.807) is 0 Å². The Morgan fingerprint density at radius 3 is 1.45 bits per heavy atom. The monoisotopic (exact) mass is 668 g/mol. The molecule has 0 radical (unpaired) electrons. The topological polar surface area (TPSA) is 76.1 Å². The molecule has 0 bridgehead atoms. The number of ether oxygens (including phenoxy) is 2. The van der Waals surface area contributed by atoms with Crippen molar-refractivity contribution in [1.82, 2.24) is 4.90 Å². The molecule has 0 rings (SSSR count). The minimum Gasteiger partial charge on any atom is -0.466 e. The summed E-state index contributed by atoms with van der Waals surface area (Å²) in [5.74, 6) is 0.359. The van der Waals surface area contributed by atoms with E-state index in [9.17, 15) is 14.7 Å². The Labute approximate surface area is 292 Å². The van der Waals surface area contributed by atoms with Crippen molar-refractivity contribution >= 4 is 11.9 Å². The highest BCUT2D eigenvalue weighted by atomic mass is 16.5. The van der Waals surface area contributed by atoms with Crippen molar-refractivity contribution in [3.8, 4) is 0 Å². The van der Waals surface area contributed by atoms with Gasteiger partial charge in [-0.25, -0.2) is 0 Å². The second-order valence-corrected chi connectivity index (χ2v) is 14.2. The number of carbonyl (C=O) groups is 2. The molecule has 47 heavy (non-hydrogen) atoms. The van der Waals surface area contributed by atoms with Gasteiger partial charge < -0.3 is 19.5 Å². The van der Waals surface area contributed by atoms with Gasteiger partial charge in [0, 0.05) is 19.4 Å². The van der Waals surface area contributed by atoms with E-state index in [2.05, 4.69) is 25.7 Å². The summed E-state index contributed by atoms with van der Waals surface area (Å²) in [5, 5.41) is 9.49. The summed E-state index contributed by atoms with van der Waals surface area (Å²) in [6, 6.07) is 0. The largest absolute Gasteiger partial charge is 0.466 e. The molecule has 0 saturated heterocycles. The van der Waals surface area contributed by atoms with Gasteiger partial charge in [-0.3, -0.25) is 9.59 Å². The van der Waals surface area contributed by atoms with E-state index in [1.165, 1.54) is 135 Å². The highest BCUT2D eigenvalue weighted by Crippen LogP contribution is 2.20. The number of nitrogens with zero attached hydrogens (tertiary/aromatic N) is 1. The van der Waals surface area contributed by atoms with Crippen LogP contribution < -0.4 is 0 Å². The molecule has 0 aliphatic carbocycles. The third-order valence-electron chi connectivity index (χ3n) is 9.55. The van der Waals surface area contributed by atoms with Gasteiger partial charge in [-0.1, -0.05) is 156 Å². The van der Waals surface area contributed by atoms with Crippen LogP contribution in [0.15, 0.2) is 0 Å². The second kappa shape index (κ2) is 37.7. The van der Waals surface area contributed by atoms with Gasteiger partial charge in [-0.15, -0.1) is 0 Å². The van der Waals surface area contributed by atoms with E-state index in [-0.39, 0.29) is 18.5 Å². The lowest BCUT2D eigenvalue weighted by Crippen LogP contribution is -2.29. The minimum absolute atomic E-state index is 0.0472. The fourth-order valence-corrected chi connectivity index (χ4v) is 6.40. The first-order valence-electron chi connectivity index (χ1n) is 20.7. The molecule has 0 aromatic carbocycles. The van der Waals surface area contributed by atoms with Gasteiger partial charge in [0.25, 0.3) is 0 Å². The number of unbranched alkanes of at least 4 members (excludes halogenated alkanes) is 20. The van der Waals surface area contributed by atoms with Crippen LogP contribution in [0.5, 0.6) is 0 Å². The quantitative estimate of drug-likeness (QED) is 0.0521. The molecule has 0 atom stereocenters. The first-order chi connectivity index (χ1) is 23.1. The van der Waals surface area contributed by atoms with Crippen molar-refractivity contribution in [2.45, 2.75) is 207 Å². The van der Waals surface area contributed by atoms with Crippen LogP contribution in [0.2, 0.25) is 0 Å². The van der Waals surface area contributed by atoms with Gasteiger partial charge >= 0.3 is 11.9 Å². The molecule has 0 saturated carbocycles. The van der Waals surface area contributed by atoms with Crippen LogP contribution in [-0.2, 0) is 19.1 Å². The van der Waals surface area contributed by atoms with Gasteiger partial charge in [0.1, 0.15) is 0 Å². The van der Waals surface area contributed by atoms with Crippen LogP contribution in [0.4, 0.5) is 0 Å². The average Bonchev–Trinajstić information content (AvgIpc) is 3.06. The van der Waals surface area contributed by atoms with Crippen molar-refractivity contribution < 1.29 is 24.2 Å². The number of esters is 2. The Morgan fingerprint density at radius 1 is 0.489 bits per heavy atom. The molecule has 0 aliphatic rings. The third-order valence-corrected chi connectivity index (χ3v) is 9.55. The number of carbonyl (C=O) groups excluding carboxylic acids is 2. The Bertz CT molecular complexity index is 642. The summed E-state index contributed by atoms with van der Waals surface area (Å²) in [4.78, 5) is 26.9. The van der Waals surface area contributed by atoms with Gasteiger partial charge in [-0.05, 0) is 57.5 Å². The van der Waals surface area contributed by atoms with Crippen LogP contribution in [0, 0.1) is 5.92 Å².